The second-order valence-electron chi connectivity index (χ2n) is 11.4. The van der Waals surface area contributed by atoms with Crippen molar-refractivity contribution in [2.24, 2.45) is 5.73 Å². The average molecular weight is 528 g/mol. The highest BCUT2D eigenvalue weighted by Gasteiger charge is 2.08. The summed E-state index contributed by atoms with van der Waals surface area (Å²) >= 11 is 0. The van der Waals surface area contributed by atoms with E-state index in [4.69, 9.17) is 5.73 Å². The van der Waals surface area contributed by atoms with Crippen LogP contribution in [-0.4, -0.2) is 25.0 Å². The first kappa shape index (κ1) is 38.5. The van der Waals surface area contributed by atoms with Crippen LogP contribution in [-0.2, 0) is 0 Å². The molecule has 0 unspecified atom stereocenters. The van der Waals surface area contributed by atoms with Crippen LogP contribution in [0.4, 0.5) is 0 Å². The second-order valence-corrected chi connectivity index (χ2v) is 14.1. The summed E-state index contributed by atoms with van der Waals surface area (Å²) < 4.78 is 0. The molecule has 0 rings (SSSR count). The van der Waals surface area contributed by atoms with Gasteiger partial charge in [0.1, 0.15) is 0 Å². The average Bonchev–Trinajstić information content (AvgIpc) is 2.89. The first-order chi connectivity index (χ1) is 17.8. The van der Waals surface area contributed by atoms with E-state index in [1.807, 2.05) is 0 Å². The number of hydrogen-bond donors (Lipinski definition) is 1. The Kier molecular flexibility index (Phi) is 40.2. The van der Waals surface area contributed by atoms with Gasteiger partial charge in [0.05, 0.1) is 0 Å². The molecular weight excluding hydrogens is 453 g/mol. The maximum Gasteiger partial charge on any atom is -0.00773 e. The minimum absolute atomic E-state index is 0.366. The number of nitrogens with two attached hydrogens (primary N) is 1. The van der Waals surface area contributed by atoms with E-state index in [0.29, 0.717) is 7.92 Å². The van der Waals surface area contributed by atoms with Gasteiger partial charge in [-0.2, -0.15) is 0 Å². The van der Waals surface area contributed by atoms with E-state index in [9.17, 15) is 0 Å². The monoisotopic (exact) mass is 528 g/mol. The molecule has 0 saturated heterocycles. The number of unbranched alkanes of at least 4 members (excludes halogenated alkanes) is 22. The first-order valence-electron chi connectivity index (χ1n) is 17.2. The van der Waals surface area contributed by atoms with Crippen molar-refractivity contribution in [1.82, 2.24) is 0 Å². The molecule has 0 spiro atoms. The summed E-state index contributed by atoms with van der Waals surface area (Å²) in [6.07, 6.45) is 42.2. The lowest BCUT2D eigenvalue weighted by Gasteiger charge is -2.18. The molecule has 0 saturated carbocycles. The Morgan fingerprint density at radius 1 is 0.306 bits per heavy atom. The minimum Gasteiger partial charge on any atom is -0.330 e. The lowest BCUT2D eigenvalue weighted by Crippen LogP contribution is -1.97. The number of hydrogen-bond acceptors (Lipinski definition) is 1. The van der Waals surface area contributed by atoms with Crippen molar-refractivity contribution < 1.29 is 0 Å². The Morgan fingerprint density at radius 2 is 0.528 bits per heavy atom. The summed E-state index contributed by atoms with van der Waals surface area (Å²) in [4.78, 5) is 0. The molecule has 0 aliphatic heterocycles. The molecule has 0 aromatic heterocycles. The normalized spacial score (nSPS) is 11.2. The third kappa shape index (κ3) is 36.5. The molecule has 0 fully saturated rings. The molecule has 0 aliphatic carbocycles. The zero-order chi connectivity index (χ0) is 26.8. The van der Waals surface area contributed by atoms with Gasteiger partial charge in [-0.25, -0.2) is 0 Å². The van der Waals surface area contributed by atoms with Gasteiger partial charge in [-0.15, -0.1) is 7.92 Å². The third-order valence-electron chi connectivity index (χ3n) is 7.54. The highest BCUT2D eigenvalue weighted by molar-refractivity contribution is 7.57. The molecule has 220 valence electrons. The smallest absolute Gasteiger partial charge is 0.00773 e. The maximum absolute atomic E-state index is 5.39. The van der Waals surface area contributed by atoms with Crippen LogP contribution in [0.25, 0.3) is 0 Å². The predicted octanol–water partition coefficient (Wildman–Crippen LogP) is 12.6. The van der Waals surface area contributed by atoms with Crippen molar-refractivity contribution in [2.75, 3.05) is 25.0 Å². The van der Waals surface area contributed by atoms with E-state index < -0.39 is 0 Å². The van der Waals surface area contributed by atoms with Crippen molar-refractivity contribution >= 4 is 7.92 Å². The lowest BCUT2D eigenvalue weighted by atomic mass is 10.1. The summed E-state index contributed by atoms with van der Waals surface area (Å²) in [5.41, 5.74) is 5.39. The molecule has 0 heterocycles. The summed E-state index contributed by atoms with van der Waals surface area (Å²) in [6.45, 7) is 10.1. The van der Waals surface area contributed by atoms with Gasteiger partial charge in [0.25, 0.3) is 0 Å². The van der Waals surface area contributed by atoms with Crippen molar-refractivity contribution in [2.45, 2.75) is 195 Å². The van der Waals surface area contributed by atoms with Crippen LogP contribution < -0.4 is 5.73 Å². The largest absolute Gasteiger partial charge is 0.330 e. The highest BCUT2D eigenvalue weighted by Crippen LogP contribution is 2.39. The van der Waals surface area contributed by atoms with Crippen LogP contribution in [0.2, 0.25) is 0 Å². The van der Waals surface area contributed by atoms with E-state index in [1.165, 1.54) is 167 Å². The quantitative estimate of drug-likeness (QED) is 0.0759. The van der Waals surface area contributed by atoms with Crippen molar-refractivity contribution in [3.05, 3.63) is 0 Å². The molecule has 1 nitrogen and oxygen atoms in total. The van der Waals surface area contributed by atoms with E-state index in [1.54, 1.807) is 18.5 Å². The summed E-state index contributed by atoms with van der Waals surface area (Å²) in [7, 11) is 0.366. The van der Waals surface area contributed by atoms with E-state index >= 15 is 0 Å². The lowest BCUT2D eigenvalue weighted by molar-refractivity contribution is 0.578. The molecule has 36 heavy (non-hydrogen) atoms. The molecule has 2 heteroatoms. The number of rotatable bonds is 29. The van der Waals surface area contributed by atoms with Crippen LogP contribution in [0.1, 0.15) is 195 Å². The second kappa shape index (κ2) is 37.5. The Morgan fingerprint density at radius 3 is 0.778 bits per heavy atom. The Labute approximate surface area is 233 Å². The van der Waals surface area contributed by atoms with Gasteiger partial charge in [0.15, 0.2) is 0 Å². The summed E-state index contributed by atoms with van der Waals surface area (Å²) in [5, 5.41) is 0. The fourth-order valence-corrected chi connectivity index (χ4v) is 7.64. The minimum atomic E-state index is 0.366. The molecule has 2 N–H and O–H groups in total. The zero-order valence-corrected chi connectivity index (χ0v) is 27.1. The van der Waals surface area contributed by atoms with Crippen molar-refractivity contribution in [1.29, 1.82) is 0 Å². The Bertz CT molecular complexity index is 300. The molecule has 0 atom stereocenters. The predicted molar refractivity (Wildman–Crippen MR) is 173 cm³/mol. The van der Waals surface area contributed by atoms with E-state index in [2.05, 4.69) is 27.7 Å². The molecule has 0 radical (unpaired) electrons. The third-order valence-corrected chi connectivity index (χ3v) is 10.4. The topological polar surface area (TPSA) is 26.0 Å². The summed E-state index contributed by atoms with van der Waals surface area (Å²) in [6, 6.07) is 0. The first-order valence-corrected chi connectivity index (χ1v) is 19.1. The Balaban J connectivity index is 0. The highest BCUT2D eigenvalue weighted by atomic mass is 31.1. The fraction of sp³-hybridized carbons (Fsp3) is 1.00. The van der Waals surface area contributed by atoms with Crippen LogP contribution in [0.15, 0.2) is 0 Å². The maximum atomic E-state index is 5.39. The van der Waals surface area contributed by atoms with E-state index in [-0.39, 0.29) is 0 Å². The van der Waals surface area contributed by atoms with Crippen LogP contribution >= 0.6 is 7.92 Å². The van der Waals surface area contributed by atoms with Crippen LogP contribution in [0.5, 0.6) is 0 Å². The molecule has 0 aliphatic rings. The van der Waals surface area contributed by atoms with Gasteiger partial charge >= 0.3 is 0 Å². The molecular formula is C34H74NP. The van der Waals surface area contributed by atoms with Gasteiger partial charge in [0, 0.05) is 0 Å². The van der Waals surface area contributed by atoms with E-state index in [0.717, 1.165) is 6.54 Å². The van der Waals surface area contributed by atoms with Gasteiger partial charge in [-0.3, -0.25) is 0 Å². The molecule has 0 aromatic carbocycles. The van der Waals surface area contributed by atoms with Crippen molar-refractivity contribution in [3.63, 3.8) is 0 Å². The van der Waals surface area contributed by atoms with Crippen LogP contribution in [0.3, 0.4) is 0 Å². The molecule has 0 aromatic rings. The summed E-state index contributed by atoms with van der Waals surface area (Å²) in [5.74, 6) is 0. The SMILES string of the molecule is CCCCCCCCCCN.CCCCCCCCP(CCCCCCCC)CCCCCCCC. The zero-order valence-electron chi connectivity index (χ0n) is 26.2. The fourth-order valence-electron chi connectivity index (χ4n) is 4.96. The van der Waals surface area contributed by atoms with Crippen LogP contribution in [0, 0.1) is 0 Å². The van der Waals surface area contributed by atoms with Gasteiger partial charge in [-0.1, -0.05) is 169 Å². The van der Waals surface area contributed by atoms with Gasteiger partial charge < -0.3 is 5.73 Å². The molecule has 0 bridgehead atoms. The molecule has 0 amide bonds. The van der Waals surface area contributed by atoms with Crippen molar-refractivity contribution in [3.8, 4) is 0 Å². The van der Waals surface area contributed by atoms with Gasteiger partial charge in [0.2, 0.25) is 0 Å². The van der Waals surface area contributed by atoms with Gasteiger partial charge in [-0.05, 0) is 50.7 Å². The Hall–Kier alpha value is 0.390. The standard InChI is InChI=1S/C24H51P.C10H23N/c1-4-7-10-13-16-19-22-25(23-20-17-14-11-8-5-2)24-21-18-15-12-9-6-3;1-2-3-4-5-6-7-8-9-10-11/h4-24H2,1-3H3;2-11H2,1H3.